The van der Waals surface area contributed by atoms with Crippen LogP contribution in [0.1, 0.15) is 33.2 Å². The van der Waals surface area contributed by atoms with Crippen LogP contribution in [0.2, 0.25) is 5.02 Å². The van der Waals surface area contributed by atoms with E-state index in [0.29, 0.717) is 16.1 Å². The highest BCUT2D eigenvalue weighted by atomic mass is 35.5. The largest absolute Gasteiger partial charge is 0.451 e. The molecule has 0 radical (unpaired) electrons. The number of carbonyl (C=O) groups is 2. The van der Waals surface area contributed by atoms with Crippen molar-refractivity contribution in [2.24, 2.45) is 0 Å². The van der Waals surface area contributed by atoms with E-state index >= 15 is 0 Å². The van der Waals surface area contributed by atoms with Gasteiger partial charge in [-0.2, -0.15) is 5.26 Å². The van der Waals surface area contributed by atoms with Crippen LogP contribution in [0.15, 0.2) is 48.5 Å². The lowest BCUT2D eigenvalue weighted by molar-refractivity contribution is 0.0319. The highest BCUT2D eigenvalue weighted by Crippen LogP contribution is 2.14. The second kappa shape index (κ2) is 6.88. The summed E-state index contributed by atoms with van der Waals surface area (Å²) in [4.78, 5) is 24.2. The molecule has 0 aliphatic rings. The third kappa shape index (κ3) is 3.72. The summed E-state index contributed by atoms with van der Waals surface area (Å²) < 4.78 is 5.15. The first-order valence-electron chi connectivity index (χ1n) is 6.52. The van der Waals surface area contributed by atoms with Gasteiger partial charge in [0.1, 0.15) is 0 Å². The molecule has 0 N–H and O–H groups in total. The van der Waals surface area contributed by atoms with Crippen LogP contribution in [0.5, 0.6) is 0 Å². The zero-order valence-corrected chi connectivity index (χ0v) is 12.5. The fraction of sp³-hybridized carbons (Fsp3) is 0.118. The van der Waals surface area contributed by atoms with Crippen LogP contribution >= 0.6 is 11.6 Å². The Morgan fingerprint density at radius 1 is 1.14 bits per heavy atom. The minimum Gasteiger partial charge on any atom is -0.451 e. The first-order chi connectivity index (χ1) is 10.5. The van der Waals surface area contributed by atoms with E-state index in [2.05, 4.69) is 0 Å². The van der Waals surface area contributed by atoms with Gasteiger partial charge in [0, 0.05) is 10.6 Å². The topological polar surface area (TPSA) is 67.2 Å². The second-order valence-electron chi connectivity index (χ2n) is 4.61. The Hall–Kier alpha value is -2.64. The molecule has 1 atom stereocenters. The zero-order valence-electron chi connectivity index (χ0n) is 11.7. The maximum Gasteiger partial charge on any atom is 0.338 e. The molecule has 0 bridgehead atoms. The summed E-state index contributed by atoms with van der Waals surface area (Å²) in [6, 6.07) is 14.4. The van der Waals surface area contributed by atoms with Crippen molar-refractivity contribution in [3.05, 3.63) is 70.2 Å². The van der Waals surface area contributed by atoms with Gasteiger partial charge < -0.3 is 4.74 Å². The Morgan fingerprint density at radius 3 is 2.45 bits per heavy atom. The van der Waals surface area contributed by atoms with Gasteiger partial charge in [-0.15, -0.1) is 0 Å². The summed E-state index contributed by atoms with van der Waals surface area (Å²) >= 11 is 5.77. The van der Waals surface area contributed by atoms with E-state index in [1.807, 2.05) is 6.07 Å². The highest BCUT2D eigenvalue weighted by Gasteiger charge is 2.20. The number of esters is 1. The Balaban J connectivity index is 2.09. The van der Waals surface area contributed by atoms with E-state index in [1.165, 1.54) is 19.1 Å². The number of benzene rings is 2. The van der Waals surface area contributed by atoms with E-state index in [0.717, 1.165) is 0 Å². The molecule has 5 heteroatoms. The van der Waals surface area contributed by atoms with Crippen LogP contribution in [0.4, 0.5) is 0 Å². The summed E-state index contributed by atoms with van der Waals surface area (Å²) in [6.45, 7) is 1.50. The molecule has 0 saturated carbocycles. The fourth-order valence-corrected chi connectivity index (χ4v) is 1.97. The van der Waals surface area contributed by atoms with Gasteiger partial charge in [-0.1, -0.05) is 17.7 Å². The van der Waals surface area contributed by atoms with Crippen molar-refractivity contribution in [3.8, 4) is 6.07 Å². The normalized spacial score (nSPS) is 11.3. The predicted molar refractivity (Wildman–Crippen MR) is 81.8 cm³/mol. The lowest BCUT2D eigenvalue weighted by Crippen LogP contribution is -2.24. The number of hydrogen-bond donors (Lipinski definition) is 0. The molecule has 0 aliphatic carbocycles. The van der Waals surface area contributed by atoms with Crippen LogP contribution in [-0.2, 0) is 4.74 Å². The molecular weight excluding hydrogens is 302 g/mol. The van der Waals surface area contributed by atoms with E-state index in [4.69, 9.17) is 21.6 Å². The average molecular weight is 314 g/mol. The van der Waals surface area contributed by atoms with Crippen LogP contribution in [0.25, 0.3) is 0 Å². The van der Waals surface area contributed by atoms with Crippen molar-refractivity contribution in [2.75, 3.05) is 0 Å². The molecule has 0 spiro atoms. The average Bonchev–Trinajstić information content (AvgIpc) is 2.54. The number of halogens is 1. The second-order valence-corrected chi connectivity index (χ2v) is 5.05. The lowest BCUT2D eigenvalue weighted by atomic mass is 10.1. The molecule has 0 fully saturated rings. The minimum absolute atomic E-state index is 0.231. The van der Waals surface area contributed by atoms with E-state index < -0.39 is 12.1 Å². The van der Waals surface area contributed by atoms with Gasteiger partial charge in [0.25, 0.3) is 0 Å². The third-order valence-corrected chi connectivity index (χ3v) is 3.26. The Labute approximate surface area is 132 Å². The molecule has 0 saturated heterocycles. The van der Waals surface area contributed by atoms with Crippen molar-refractivity contribution in [3.63, 3.8) is 0 Å². The van der Waals surface area contributed by atoms with Gasteiger partial charge >= 0.3 is 5.97 Å². The maximum absolute atomic E-state index is 12.2. The van der Waals surface area contributed by atoms with E-state index in [-0.39, 0.29) is 11.3 Å². The molecule has 22 heavy (non-hydrogen) atoms. The Bertz CT molecular complexity index is 747. The number of hydrogen-bond acceptors (Lipinski definition) is 4. The number of ether oxygens (including phenoxy) is 1. The Morgan fingerprint density at radius 2 is 1.82 bits per heavy atom. The molecule has 2 rings (SSSR count). The summed E-state index contributed by atoms with van der Waals surface area (Å²) in [5.74, 6) is -0.964. The smallest absolute Gasteiger partial charge is 0.338 e. The molecular formula is C17H12ClNO3. The lowest BCUT2D eigenvalue weighted by Gasteiger charge is -2.12. The van der Waals surface area contributed by atoms with Gasteiger partial charge in [0.15, 0.2) is 6.10 Å². The minimum atomic E-state index is -0.931. The molecule has 0 aliphatic heterocycles. The number of nitrogens with zero attached hydrogens (tertiary/aromatic N) is 1. The number of ketones is 1. The van der Waals surface area contributed by atoms with Crippen LogP contribution < -0.4 is 0 Å². The highest BCUT2D eigenvalue weighted by molar-refractivity contribution is 6.30. The summed E-state index contributed by atoms with van der Waals surface area (Å²) in [5, 5.41) is 9.34. The van der Waals surface area contributed by atoms with Crippen molar-refractivity contribution in [1.29, 1.82) is 5.26 Å². The molecule has 4 nitrogen and oxygen atoms in total. The molecule has 0 aromatic heterocycles. The molecule has 2 aromatic rings. The zero-order chi connectivity index (χ0) is 16.1. The van der Waals surface area contributed by atoms with Crippen LogP contribution in [0, 0.1) is 11.3 Å². The van der Waals surface area contributed by atoms with Crippen molar-refractivity contribution in [2.45, 2.75) is 13.0 Å². The molecule has 110 valence electrons. The third-order valence-electron chi connectivity index (χ3n) is 3.01. The van der Waals surface area contributed by atoms with Crippen LogP contribution in [-0.4, -0.2) is 17.9 Å². The van der Waals surface area contributed by atoms with Gasteiger partial charge in [-0.3, -0.25) is 4.79 Å². The fourth-order valence-electron chi connectivity index (χ4n) is 1.85. The van der Waals surface area contributed by atoms with Gasteiger partial charge in [-0.25, -0.2) is 4.79 Å². The summed E-state index contributed by atoms with van der Waals surface area (Å²) in [5.41, 5.74) is 0.997. The van der Waals surface area contributed by atoms with Crippen molar-refractivity contribution < 1.29 is 14.3 Å². The number of Topliss-reactive ketones (excluding diaryl/α,β-unsaturated/α-hetero) is 1. The first-order valence-corrected chi connectivity index (χ1v) is 6.90. The summed E-state index contributed by atoms with van der Waals surface area (Å²) in [6.07, 6.45) is -0.931. The van der Waals surface area contributed by atoms with Gasteiger partial charge in [-0.05, 0) is 49.4 Å². The monoisotopic (exact) mass is 313 g/mol. The van der Waals surface area contributed by atoms with Crippen molar-refractivity contribution in [1.82, 2.24) is 0 Å². The SMILES string of the molecule is C[C@H](OC(=O)c1cccc(C#N)c1)C(=O)c1ccc(Cl)cc1. The quantitative estimate of drug-likeness (QED) is 0.638. The van der Waals surface area contributed by atoms with Crippen molar-refractivity contribution >= 4 is 23.4 Å². The summed E-state index contributed by atoms with van der Waals surface area (Å²) in [7, 11) is 0. The maximum atomic E-state index is 12.2. The Kier molecular flexibility index (Phi) is 4.92. The number of rotatable bonds is 4. The first kappa shape index (κ1) is 15.7. The molecule has 0 unspecified atom stereocenters. The van der Waals surface area contributed by atoms with Crippen LogP contribution in [0.3, 0.4) is 0 Å². The number of carbonyl (C=O) groups excluding carboxylic acids is 2. The van der Waals surface area contributed by atoms with E-state index in [1.54, 1.807) is 36.4 Å². The standard InChI is InChI=1S/C17H12ClNO3/c1-11(16(20)13-5-7-15(18)8-6-13)22-17(21)14-4-2-3-12(9-14)10-19/h2-9,11H,1H3/t11-/m0/s1. The van der Waals surface area contributed by atoms with Gasteiger partial charge in [0.2, 0.25) is 5.78 Å². The van der Waals surface area contributed by atoms with Gasteiger partial charge in [0.05, 0.1) is 17.2 Å². The number of nitriles is 1. The molecule has 0 amide bonds. The molecule has 0 heterocycles. The molecule has 2 aromatic carbocycles. The van der Waals surface area contributed by atoms with E-state index in [9.17, 15) is 9.59 Å². The predicted octanol–water partition coefficient (Wildman–Crippen LogP) is 3.64.